The number of rotatable bonds is 1. The molecule has 0 saturated heterocycles. The molecule has 0 unspecified atom stereocenters. The first-order valence-corrected chi connectivity index (χ1v) is 6.38. The van der Waals surface area contributed by atoms with Gasteiger partial charge in [-0.25, -0.2) is 9.97 Å². The molecule has 3 heteroatoms. The van der Waals surface area contributed by atoms with Gasteiger partial charge in [0.2, 0.25) is 0 Å². The maximum absolute atomic E-state index is 6.06. The van der Waals surface area contributed by atoms with Gasteiger partial charge in [0.25, 0.3) is 0 Å². The fourth-order valence-electron chi connectivity index (χ4n) is 2.74. The smallest absolute Gasteiger partial charge is 0.162 e. The number of aryl methyl sites for hydroxylation is 3. The monoisotopic (exact) mass is 239 g/mol. The number of aromatic nitrogens is 2. The number of hydrogen-bond acceptors (Lipinski definition) is 3. The van der Waals surface area contributed by atoms with Gasteiger partial charge in [0.15, 0.2) is 5.82 Å². The summed E-state index contributed by atoms with van der Waals surface area (Å²) >= 11 is 0. The van der Waals surface area contributed by atoms with Crippen LogP contribution in [0.5, 0.6) is 0 Å². The van der Waals surface area contributed by atoms with Gasteiger partial charge in [0.1, 0.15) is 5.82 Å². The molecular weight excluding hydrogens is 222 g/mol. The molecule has 1 aliphatic rings. The van der Waals surface area contributed by atoms with Crippen LogP contribution in [0.1, 0.15) is 28.8 Å². The van der Waals surface area contributed by atoms with Crippen LogP contribution in [0.3, 0.4) is 0 Å². The third-order valence-electron chi connectivity index (χ3n) is 3.67. The minimum Gasteiger partial charge on any atom is -0.383 e. The molecule has 92 valence electrons. The fourth-order valence-corrected chi connectivity index (χ4v) is 2.74. The average molecular weight is 239 g/mol. The molecule has 0 atom stereocenters. The molecule has 2 N–H and O–H groups in total. The highest BCUT2D eigenvalue weighted by atomic mass is 15.0. The van der Waals surface area contributed by atoms with Gasteiger partial charge in [0, 0.05) is 16.8 Å². The third kappa shape index (κ3) is 1.67. The zero-order valence-electron chi connectivity index (χ0n) is 10.8. The topological polar surface area (TPSA) is 51.8 Å². The van der Waals surface area contributed by atoms with E-state index in [9.17, 15) is 0 Å². The van der Waals surface area contributed by atoms with Crippen LogP contribution in [-0.4, -0.2) is 9.97 Å². The van der Waals surface area contributed by atoms with Crippen molar-refractivity contribution in [2.75, 3.05) is 5.73 Å². The number of fused-ring (bicyclic) bond motifs is 1. The highest BCUT2D eigenvalue weighted by Crippen LogP contribution is 2.30. The van der Waals surface area contributed by atoms with Crippen molar-refractivity contribution < 1.29 is 0 Å². The molecule has 2 aromatic rings. The maximum atomic E-state index is 6.06. The molecule has 1 aromatic heterocycles. The fraction of sp³-hybridized carbons (Fsp3) is 0.333. The molecule has 0 bridgehead atoms. The Morgan fingerprint density at radius 3 is 2.50 bits per heavy atom. The lowest BCUT2D eigenvalue weighted by molar-refractivity contribution is 0.900. The van der Waals surface area contributed by atoms with Gasteiger partial charge < -0.3 is 5.73 Å². The Labute approximate surface area is 107 Å². The predicted molar refractivity (Wildman–Crippen MR) is 73.4 cm³/mol. The Morgan fingerprint density at radius 2 is 1.78 bits per heavy atom. The summed E-state index contributed by atoms with van der Waals surface area (Å²) in [5.41, 5.74) is 11.9. The van der Waals surface area contributed by atoms with Crippen LogP contribution in [-0.2, 0) is 12.8 Å². The molecule has 1 aliphatic carbocycles. The number of nitrogens with two attached hydrogens (primary N) is 1. The Bertz CT molecular complexity index is 597. The Kier molecular flexibility index (Phi) is 2.54. The Morgan fingerprint density at radius 1 is 1.06 bits per heavy atom. The van der Waals surface area contributed by atoms with Crippen LogP contribution in [0.4, 0.5) is 5.82 Å². The Hall–Kier alpha value is -1.90. The summed E-state index contributed by atoms with van der Waals surface area (Å²) < 4.78 is 0. The lowest BCUT2D eigenvalue weighted by atomic mass is 10.0. The van der Waals surface area contributed by atoms with Crippen LogP contribution < -0.4 is 5.73 Å². The van der Waals surface area contributed by atoms with Gasteiger partial charge in [-0.1, -0.05) is 18.2 Å². The maximum Gasteiger partial charge on any atom is 0.162 e. The summed E-state index contributed by atoms with van der Waals surface area (Å²) in [6.07, 6.45) is 3.19. The van der Waals surface area contributed by atoms with Crippen LogP contribution in [0.15, 0.2) is 18.2 Å². The van der Waals surface area contributed by atoms with Gasteiger partial charge in [-0.05, 0) is 44.2 Å². The van der Waals surface area contributed by atoms with E-state index in [4.69, 9.17) is 10.7 Å². The number of nitrogen functional groups attached to an aromatic ring is 1. The quantitative estimate of drug-likeness (QED) is 0.832. The molecular formula is C15H17N3. The SMILES string of the molecule is Cc1cccc(C)c1-c1nc(N)c2c(n1)CCC2. The van der Waals surface area contributed by atoms with Gasteiger partial charge in [0.05, 0.1) is 0 Å². The van der Waals surface area contributed by atoms with Crippen molar-refractivity contribution in [3.05, 3.63) is 40.6 Å². The second-order valence-electron chi connectivity index (χ2n) is 4.98. The van der Waals surface area contributed by atoms with E-state index in [0.717, 1.165) is 41.9 Å². The first-order chi connectivity index (χ1) is 8.66. The van der Waals surface area contributed by atoms with E-state index in [1.807, 2.05) is 0 Å². The molecule has 0 amide bonds. The van der Waals surface area contributed by atoms with Gasteiger partial charge >= 0.3 is 0 Å². The summed E-state index contributed by atoms with van der Waals surface area (Å²) in [7, 11) is 0. The molecule has 0 radical (unpaired) electrons. The summed E-state index contributed by atoms with van der Waals surface area (Å²) in [6.45, 7) is 4.18. The van der Waals surface area contributed by atoms with Crippen LogP contribution in [0, 0.1) is 13.8 Å². The number of benzene rings is 1. The van der Waals surface area contributed by atoms with Crippen molar-refractivity contribution in [1.29, 1.82) is 0 Å². The molecule has 0 saturated carbocycles. The van der Waals surface area contributed by atoms with Crippen molar-refractivity contribution >= 4 is 5.82 Å². The first kappa shape index (κ1) is 11.2. The first-order valence-electron chi connectivity index (χ1n) is 6.38. The van der Waals surface area contributed by atoms with E-state index in [0.29, 0.717) is 5.82 Å². The summed E-state index contributed by atoms with van der Waals surface area (Å²) in [5, 5.41) is 0. The van der Waals surface area contributed by atoms with Crippen molar-refractivity contribution in [3.63, 3.8) is 0 Å². The Balaban J connectivity index is 2.21. The summed E-state index contributed by atoms with van der Waals surface area (Å²) in [6, 6.07) is 6.25. The van der Waals surface area contributed by atoms with Gasteiger partial charge in [-0.15, -0.1) is 0 Å². The minimum absolute atomic E-state index is 0.662. The second-order valence-corrected chi connectivity index (χ2v) is 4.98. The summed E-state index contributed by atoms with van der Waals surface area (Å²) in [5.74, 6) is 1.44. The zero-order valence-corrected chi connectivity index (χ0v) is 10.8. The van der Waals surface area contributed by atoms with Crippen molar-refractivity contribution in [2.45, 2.75) is 33.1 Å². The van der Waals surface area contributed by atoms with Crippen LogP contribution >= 0.6 is 0 Å². The standard InChI is InChI=1S/C15H17N3/c1-9-5-3-6-10(2)13(9)15-17-12-8-4-7-11(12)14(16)18-15/h3,5-6H,4,7-8H2,1-2H3,(H2,16,17,18). The van der Waals surface area contributed by atoms with Crippen molar-refractivity contribution in [2.24, 2.45) is 0 Å². The van der Waals surface area contributed by atoms with E-state index in [1.54, 1.807) is 0 Å². The van der Waals surface area contributed by atoms with E-state index in [1.165, 1.54) is 11.1 Å². The van der Waals surface area contributed by atoms with E-state index >= 15 is 0 Å². The van der Waals surface area contributed by atoms with E-state index in [2.05, 4.69) is 37.0 Å². The normalized spacial score (nSPS) is 13.7. The van der Waals surface area contributed by atoms with E-state index in [-0.39, 0.29) is 0 Å². The molecule has 0 spiro atoms. The summed E-state index contributed by atoms with van der Waals surface area (Å²) in [4.78, 5) is 9.22. The van der Waals surface area contributed by atoms with Gasteiger partial charge in [-0.3, -0.25) is 0 Å². The van der Waals surface area contributed by atoms with Crippen molar-refractivity contribution in [1.82, 2.24) is 9.97 Å². The second kappa shape index (κ2) is 4.09. The van der Waals surface area contributed by atoms with Gasteiger partial charge in [-0.2, -0.15) is 0 Å². The molecule has 3 rings (SSSR count). The predicted octanol–water partition coefficient (Wildman–Crippen LogP) is 2.83. The molecule has 0 fully saturated rings. The number of nitrogens with zero attached hydrogens (tertiary/aromatic N) is 2. The van der Waals surface area contributed by atoms with Crippen LogP contribution in [0.25, 0.3) is 11.4 Å². The lowest BCUT2D eigenvalue weighted by Crippen LogP contribution is -2.04. The molecule has 0 aliphatic heterocycles. The van der Waals surface area contributed by atoms with Crippen molar-refractivity contribution in [3.8, 4) is 11.4 Å². The minimum atomic E-state index is 0.662. The van der Waals surface area contributed by atoms with Crippen LogP contribution in [0.2, 0.25) is 0 Å². The number of hydrogen-bond donors (Lipinski definition) is 1. The largest absolute Gasteiger partial charge is 0.383 e. The zero-order chi connectivity index (χ0) is 12.7. The van der Waals surface area contributed by atoms with E-state index < -0.39 is 0 Å². The molecule has 18 heavy (non-hydrogen) atoms. The highest BCUT2D eigenvalue weighted by molar-refractivity contribution is 5.66. The molecule has 1 aromatic carbocycles. The lowest BCUT2D eigenvalue weighted by Gasteiger charge is -2.11. The average Bonchev–Trinajstić information content (AvgIpc) is 2.77. The molecule has 1 heterocycles. The third-order valence-corrected chi connectivity index (χ3v) is 3.67. The molecule has 3 nitrogen and oxygen atoms in total. The highest BCUT2D eigenvalue weighted by Gasteiger charge is 2.19. The number of anilines is 1.